The van der Waals surface area contributed by atoms with Crippen LogP contribution in [0, 0.1) is 11.3 Å². The zero-order valence-corrected chi connectivity index (χ0v) is 18.0. The Hall–Kier alpha value is -3.85. The van der Waals surface area contributed by atoms with Gasteiger partial charge >= 0.3 is 0 Å². The summed E-state index contributed by atoms with van der Waals surface area (Å²) in [6.45, 7) is 2.22. The fourth-order valence-corrected chi connectivity index (χ4v) is 4.09. The molecule has 0 unspecified atom stereocenters. The van der Waals surface area contributed by atoms with Crippen LogP contribution in [-0.4, -0.2) is 34.4 Å². The molecule has 0 radical (unpaired) electrons. The molecular formula is C26H26N4O2. The van der Waals surface area contributed by atoms with E-state index in [1.165, 1.54) is 6.42 Å². The smallest absolute Gasteiger partial charge is 0.262 e. The summed E-state index contributed by atoms with van der Waals surface area (Å²) in [5, 5.41) is 13.3. The SMILES string of the molecule is N#C/C(=C\c1cn(CC(=O)N2CCCCC2)c2ccccc12)C(=O)NCc1ccccc1. The number of carbonyl (C=O) groups excluding carboxylic acids is 2. The van der Waals surface area contributed by atoms with Gasteiger partial charge in [0.25, 0.3) is 5.91 Å². The van der Waals surface area contributed by atoms with E-state index in [4.69, 9.17) is 0 Å². The molecule has 2 amide bonds. The molecule has 32 heavy (non-hydrogen) atoms. The zero-order valence-electron chi connectivity index (χ0n) is 18.0. The third-order valence-corrected chi connectivity index (χ3v) is 5.79. The molecule has 1 aromatic heterocycles. The number of aromatic nitrogens is 1. The van der Waals surface area contributed by atoms with Crippen LogP contribution in [0.5, 0.6) is 0 Å². The molecule has 2 aromatic carbocycles. The Morgan fingerprint density at radius 2 is 1.72 bits per heavy atom. The van der Waals surface area contributed by atoms with Crippen LogP contribution in [0.3, 0.4) is 0 Å². The summed E-state index contributed by atoms with van der Waals surface area (Å²) in [4.78, 5) is 27.3. The quantitative estimate of drug-likeness (QED) is 0.480. The molecule has 1 fully saturated rings. The fourth-order valence-electron chi connectivity index (χ4n) is 4.09. The fraction of sp³-hybridized carbons (Fsp3) is 0.269. The van der Waals surface area contributed by atoms with Gasteiger partial charge in [-0.3, -0.25) is 9.59 Å². The predicted molar refractivity (Wildman–Crippen MR) is 124 cm³/mol. The number of nitrogens with one attached hydrogen (secondary N) is 1. The van der Waals surface area contributed by atoms with Crippen molar-refractivity contribution in [2.24, 2.45) is 0 Å². The summed E-state index contributed by atoms with van der Waals surface area (Å²) in [5.41, 5.74) is 2.65. The van der Waals surface area contributed by atoms with Gasteiger partial charge in [-0.25, -0.2) is 0 Å². The number of para-hydroxylation sites is 1. The number of fused-ring (bicyclic) bond motifs is 1. The van der Waals surface area contributed by atoms with Gasteiger partial charge < -0.3 is 14.8 Å². The normalized spacial score (nSPS) is 14.2. The highest BCUT2D eigenvalue weighted by Crippen LogP contribution is 2.24. The van der Waals surface area contributed by atoms with Gasteiger partial charge in [0.15, 0.2) is 0 Å². The van der Waals surface area contributed by atoms with Crippen LogP contribution in [0.1, 0.15) is 30.4 Å². The van der Waals surface area contributed by atoms with Crippen molar-refractivity contribution in [1.82, 2.24) is 14.8 Å². The lowest BCUT2D eigenvalue weighted by Gasteiger charge is -2.27. The molecule has 2 heterocycles. The Balaban J connectivity index is 1.56. The molecule has 0 bridgehead atoms. The van der Waals surface area contributed by atoms with Crippen LogP contribution in [0.25, 0.3) is 17.0 Å². The molecule has 1 aliphatic heterocycles. The maximum atomic E-state index is 12.8. The summed E-state index contributed by atoms with van der Waals surface area (Å²) in [7, 11) is 0. The van der Waals surface area contributed by atoms with E-state index in [-0.39, 0.29) is 18.0 Å². The van der Waals surface area contributed by atoms with E-state index >= 15 is 0 Å². The maximum Gasteiger partial charge on any atom is 0.262 e. The first-order valence-corrected chi connectivity index (χ1v) is 11.0. The molecule has 1 aliphatic rings. The predicted octanol–water partition coefficient (Wildman–Crippen LogP) is 3.88. The minimum absolute atomic E-state index is 0.0335. The number of piperidine rings is 1. The lowest BCUT2D eigenvalue weighted by atomic mass is 10.1. The third-order valence-electron chi connectivity index (χ3n) is 5.79. The van der Waals surface area contributed by atoms with Crippen molar-refractivity contribution < 1.29 is 9.59 Å². The Kier molecular flexibility index (Phi) is 6.66. The minimum Gasteiger partial charge on any atom is -0.347 e. The van der Waals surface area contributed by atoms with Gasteiger partial charge in [-0.15, -0.1) is 0 Å². The molecule has 0 atom stereocenters. The molecule has 3 aromatic rings. The Bertz CT molecular complexity index is 1180. The number of hydrogen-bond acceptors (Lipinski definition) is 3. The van der Waals surface area contributed by atoms with E-state index in [1.807, 2.05) is 76.3 Å². The van der Waals surface area contributed by atoms with Crippen molar-refractivity contribution in [3.63, 3.8) is 0 Å². The number of rotatable bonds is 6. The number of carbonyl (C=O) groups is 2. The standard InChI is InChI=1S/C26H26N4O2/c27-16-21(26(32)28-17-20-9-3-1-4-10-20)15-22-18-30(24-12-6-5-11-23(22)24)19-25(31)29-13-7-2-8-14-29/h1,3-6,9-12,15,18H,2,7-8,13-14,17,19H2,(H,28,32)/b21-15+. The highest BCUT2D eigenvalue weighted by molar-refractivity contribution is 6.04. The highest BCUT2D eigenvalue weighted by Gasteiger charge is 2.18. The molecule has 0 aliphatic carbocycles. The van der Waals surface area contributed by atoms with Gasteiger partial charge in [0.2, 0.25) is 5.91 Å². The number of benzene rings is 2. The summed E-state index contributed by atoms with van der Waals surface area (Å²) < 4.78 is 1.91. The second kappa shape index (κ2) is 9.97. The van der Waals surface area contributed by atoms with Crippen molar-refractivity contribution in [3.05, 3.63) is 77.5 Å². The van der Waals surface area contributed by atoms with E-state index < -0.39 is 5.91 Å². The summed E-state index contributed by atoms with van der Waals surface area (Å²) >= 11 is 0. The van der Waals surface area contributed by atoms with Crippen molar-refractivity contribution in [3.8, 4) is 6.07 Å². The van der Waals surface area contributed by atoms with E-state index in [2.05, 4.69) is 5.32 Å². The molecule has 1 N–H and O–H groups in total. The third kappa shape index (κ3) is 4.89. The van der Waals surface area contributed by atoms with Gasteiger partial charge in [0.1, 0.15) is 18.2 Å². The highest BCUT2D eigenvalue weighted by atomic mass is 16.2. The number of nitrogens with zero attached hydrogens (tertiary/aromatic N) is 3. The molecule has 6 nitrogen and oxygen atoms in total. The Labute approximate surface area is 187 Å². The summed E-state index contributed by atoms with van der Waals surface area (Å²) in [6.07, 6.45) is 6.73. The summed E-state index contributed by atoms with van der Waals surface area (Å²) in [5.74, 6) is -0.320. The van der Waals surface area contributed by atoms with E-state index in [9.17, 15) is 14.9 Å². The van der Waals surface area contributed by atoms with Crippen molar-refractivity contribution >= 4 is 28.8 Å². The van der Waals surface area contributed by atoms with Crippen LogP contribution in [0.15, 0.2) is 66.4 Å². The number of amides is 2. The van der Waals surface area contributed by atoms with Crippen LogP contribution in [0.4, 0.5) is 0 Å². The van der Waals surface area contributed by atoms with Gasteiger partial charge in [-0.05, 0) is 37.0 Å². The number of hydrogen-bond donors (Lipinski definition) is 1. The molecule has 1 saturated heterocycles. The average Bonchev–Trinajstić information content (AvgIpc) is 3.19. The maximum absolute atomic E-state index is 12.8. The molecule has 4 rings (SSSR count). The van der Waals surface area contributed by atoms with Gasteiger partial charge in [-0.2, -0.15) is 5.26 Å². The zero-order chi connectivity index (χ0) is 22.3. The van der Waals surface area contributed by atoms with Crippen molar-refractivity contribution in [1.29, 1.82) is 5.26 Å². The molecule has 6 heteroatoms. The van der Waals surface area contributed by atoms with Crippen LogP contribution >= 0.6 is 0 Å². The van der Waals surface area contributed by atoms with Crippen LogP contribution < -0.4 is 5.32 Å². The molecule has 162 valence electrons. The first kappa shape index (κ1) is 21.4. The van der Waals surface area contributed by atoms with E-state index in [0.29, 0.717) is 6.54 Å². The van der Waals surface area contributed by atoms with E-state index in [0.717, 1.165) is 48.0 Å². The topological polar surface area (TPSA) is 78.1 Å². The summed E-state index contributed by atoms with van der Waals surface area (Å²) in [6, 6.07) is 19.3. The first-order chi connectivity index (χ1) is 15.7. The lowest BCUT2D eigenvalue weighted by molar-refractivity contribution is -0.132. The first-order valence-electron chi connectivity index (χ1n) is 11.0. The Morgan fingerprint density at radius 3 is 2.47 bits per heavy atom. The van der Waals surface area contributed by atoms with E-state index in [1.54, 1.807) is 6.08 Å². The van der Waals surface area contributed by atoms with Gasteiger partial charge in [0.05, 0.1) is 0 Å². The monoisotopic (exact) mass is 426 g/mol. The largest absolute Gasteiger partial charge is 0.347 e. The van der Waals surface area contributed by atoms with Crippen LogP contribution in [-0.2, 0) is 22.7 Å². The Morgan fingerprint density at radius 1 is 1.00 bits per heavy atom. The number of nitriles is 1. The second-order valence-corrected chi connectivity index (χ2v) is 8.01. The van der Waals surface area contributed by atoms with Crippen LogP contribution in [0.2, 0.25) is 0 Å². The van der Waals surface area contributed by atoms with Gasteiger partial charge in [-0.1, -0.05) is 48.5 Å². The minimum atomic E-state index is -0.419. The molecule has 0 spiro atoms. The average molecular weight is 427 g/mol. The molecular weight excluding hydrogens is 400 g/mol. The molecule has 0 saturated carbocycles. The number of likely N-dealkylation sites (tertiary alicyclic amines) is 1. The lowest BCUT2D eigenvalue weighted by Crippen LogP contribution is -2.37. The van der Waals surface area contributed by atoms with Crippen molar-refractivity contribution in [2.45, 2.75) is 32.4 Å². The second-order valence-electron chi connectivity index (χ2n) is 8.01. The van der Waals surface area contributed by atoms with Gasteiger partial charge in [0, 0.05) is 42.3 Å². The van der Waals surface area contributed by atoms with Crippen molar-refractivity contribution in [2.75, 3.05) is 13.1 Å².